The first-order valence-corrected chi connectivity index (χ1v) is 19.2. The normalized spacial score (nSPS) is 14.6. The molecular weight excluding hydrogens is 587 g/mol. The van der Waals surface area contributed by atoms with Crippen molar-refractivity contribution in [2.75, 3.05) is 45.9 Å². The molecule has 4 rings (SSSR count). The first-order chi connectivity index (χ1) is 21.4. The number of aromatic amines is 1. The van der Waals surface area contributed by atoms with Crippen molar-refractivity contribution in [2.45, 2.75) is 71.2 Å². The minimum atomic E-state index is -1.92. The molecule has 45 heavy (non-hydrogen) atoms. The van der Waals surface area contributed by atoms with Crippen LogP contribution in [0, 0.1) is 11.7 Å². The monoisotopic (exact) mass is 638 g/mol. The SMILES string of the molecule is CC(C)(C)[Si](C)(C)OCCN(CCc1cc2ccccc2[nH]1)C(=O)N1CCC(CCNC(=O)COCc2ccc(F)cc2)CC1. The number of piperidine rings is 1. The highest BCUT2D eigenvalue weighted by molar-refractivity contribution is 6.74. The number of H-pyrrole nitrogens is 1. The van der Waals surface area contributed by atoms with E-state index < -0.39 is 8.32 Å². The maximum Gasteiger partial charge on any atom is 0.320 e. The molecule has 2 N–H and O–H groups in total. The molecule has 246 valence electrons. The molecule has 2 heterocycles. The third-order valence-corrected chi connectivity index (χ3v) is 13.9. The highest BCUT2D eigenvalue weighted by Crippen LogP contribution is 2.36. The van der Waals surface area contributed by atoms with Gasteiger partial charge in [-0.05, 0) is 78.5 Å². The van der Waals surface area contributed by atoms with Crippen molar-refractivity contribution in [1.82, 2.24) is 20.1 Å². The molecule has 0 bridgehead atoms. The lowest BCUT2D eigenvalue weighted by atomic mass is 9.93. The van der Waals surface area contributed by atoms with Crippen molar-refractivity contribution >= 4 is 31.2 Å². The Morgan fingerprint density at radius 3 is 2.47 bits per heavy atom. The summed E-state index contributed by atoms with van der Waals surface area (Å²) < 4.78 is 24.9. The van der Waals surface area contributed by atoms with Crippen LogP contribution < -0.4 is 5.32 Å². The number of nitrogens with one attached hydrogen (secondary N) is 2. The molecule has 0 radical (unpaired) electrons. The molecule has 1 saturated heterocycles. The van der Waals surface area contributed by atoms with E-state index in [1.54, 1.807) is 12.1 Å². The Morgan fingerprint density at radius 1 is 1.07 bits per heavy atom. The Labute approximate surface area is 268 Å². The molecule has 1 fully saturated rings. The Hall–Kier alpha value is -3.21. The summed E-state index contributed by atoms with van der Waals surface area (Å²) in [5.74, 6) is 0.00329. The number of likely N-dealkylation sites (tertiary alicyclic amines) is 1. The highest BCUT2D eigenvalue weighted by Gasteiger charge is 2.37. The van der Waals surface area contributed by atoms with E-state index in [1.807, 2.05) is 21.9 Å². The molecule has 0 spiro atoms. The van der Waals surface area contributed by atoms with Crippen LogP contribution in [0.4, 0.5) is 9.18 Å². The van der Waals surface area contributed by atoms with E-state index in [1.165, 1.54) is 17.5 Å². The molecule has 0 aliphatic carbocycles. The van der Waals surface area contributed by atoms with E-state index in [0.717, 1.165) is 42.5 Å². The fourth-order valence-electron chi connectivity index (χ4n) is 5.38. The molecule has 8 nitrogen and oxygen atoms in total. The van der Waals surface area contributed by atoms with Crippen LogP contribution in [-0.2, 0) is 27.0 Å². The van der Waals surface area contributed by atoms with Crippen molar-refractivity contribution < 1.29 is 23.1 Å². The van der Waals surface area contributed by atoms with Gasteiger partial charge in [-0.1, -0.05) is 51.1 Å². The molecule has 1 aromatic heterocycles. The van der Waals surface area contributed by atoms with Crippen LogP contribution in [0.3, 0.4) is 0 Å². The molecule has 0 atom stereocenters. The van der Waals surface area contributed by atoms with Crippen molar-refractivity contribution in [1.29, 1.82) is 0 Å². The van der Waals surface area contributed by atoms with Gasteiger partial charge in [-0.25, -0.2) is 9.18 Å². The maximum absolute atomic E-state index is 13.8. The second kappa shape index (κ2) is 15.9. The van der Waals surface area contributed by atoms with E-state index >= 15 is 0 Å². The predicted molar refractivity (Wildman–Crippen MR) is 180 cm³/mol. The molecule has 3 amide bonds. The Balaban J connectivity index is 1.22. The Morgan fingerprint density at radius 2 is 1.78 bits per heavy atom. The molecule has 10 heteroatoms. The van der Waals surface area contributed by atoms with Crippen molar-refractivity contribution in [3.8, 4) is 0 Å². The molecular formula is C35H51FN4O4Si. The standard InChI is InChI=1S/C35H51FN4O4Si/c1-35(2,3)45(4,5)44-23-22-40(21-17-31-24-29-8-6-7-9-32(29)38-31)34(42)39-19-15-27(16-20-39)14-18-37-33(41)26-43-25-28-10-12-30(36)13-11-28/h6-13,24,27,38H,14-23,25-26H2,1-5H3,(H,37,41). The van der Waals surface area contributed by atoms with Crippen LogP contribution in [0.5, 0.6) is 0 Å². The molecule has 3 aromatic rings. The van der Waals surface area contributed by atoms with Crippen LogP contribution in [0.25, 0.3) is 10.9 Å². The van der Waals surface area contributed by atoms with E-state index in [0.29, 0.717) is 45.2 Å². The summed E-state index contributed by atoms with van der Waals surface area (Å²) in [4.78, 5) is 33.4. The number of rotatable bonds is 14. The number of nitrogens with zero attached hydrogens (tertiary/aromatic N) is 2. The minimum absolute atomic E-state index is 0.0300. The van der Waals surface area contributed by atoms with Gasteiger partial charge in [0.2, 0.25) is 5.91 Å². The first kappa shape index (κ1) is 34.7. The second-order valence-corrected chi connectivity index (χ2v) is 18.5. The van der Waals surface area contributed by atoms with Crippen molar-refractivity contribution in [3.63, 3.8) is 0 Å². The van der Waals surface area contributed by atoms with Crippen molar-refractivity contribution in [2.24, 2.45) is 5.92 Å². The van der Waals surface area contributed by atoms with Gasteiger partial charge >= 0.3 is 6.03 Å². The molecule has 1 aliphatic heterocycles. The lowest BCUT2D eigenvalue weighted by molar-refractivity contribution is -0.126. The van der Waals surface area contributed by atoms with Crippen LogP contribution >= 0.6 is 0 Å². The van der Waals surface area contributed by atoms with Crippen molar-refractivity contribution in [3.05, 3.63) is 71.7 Å². The van der Waals surface area contributed by atoms with Gasteiger partial charge < -0.3 is 29.3 Å². The quantitative estimate of drug-likeness (QED) is 0.192. The summed E-state index contributed by atoms with van der Waals surface area (Å²) in [7, 11) is -1.92. The van der Waals surface area contributed by atoms with E-state index in [2.05, 4.69) is 62.4 Å². The third kappa shape index (κ3) is 10.4. The van der Waals surface area contributed by atoms with E-state index in [9.17, 15) is 14.0 Å². The zero-order valence-electron chi connectivity index (χ0n) is 27.7. The maximum atomic E-state index is 13.8. The smallest absolute Gasteiger partial charge is 0.320 e. The average molecular weight is 639 g/mol. The summed E-state index contributed by atoms with van der Waals surface area (Å²) in [6.45, 7) is 15.2. The Kier molecular flexibility index (Phi) is 12.2. The zero-order valence-corrected chi connectivity index (χ0v) is 28.7. The fraction of sp³-hybridized carbons (Fsp3) is 0.543. The van der Waals surface area contributed by atoms with Gasteiger partial charge in [0.1, 0.15) is 12.4 Å². The van der Waals surface area contributed by atoms with Gasteiger partial charge in [0.25, 0.3) is 0 Å². The van der Waals surface area contributed by atoms with Gasteiger partial charge in [-0.3, -0.25) is 4.79 Å². The Bertz CT molecular complexity index is 1350. The number of urea groups is 1. The van der Waals surface area contributed by atoms with Gasteiger partial charge in [-0.15, -0.1) is 0 Å². The lowest BCUT2D eigenvalue weighted by Crippen LogP contribution is -2.49. The largest absolute Gasteiger partial charge is 0.415 e. The summed E-state index contributed by atoms with van der Waals surface area (Å²) in [5.41, 5.74) is 3.06. The second-order valence-electron chi connectivity index (χ2n) is 13.7. The number of aromatic nitrogens is 1. The summed E-state index contributed by atoms with van der Waals surface area (Å²) >= 11 is 0. The number of ether oxygens (including phenoxy) is 1. The topological polar surface area (TPSA) is 86.9 Å². The highest BCUT2D eigenvalue weighted by atomic mass is 28.4. The zero-order chi connectivity index (χ0) is 32.5. The first-order valence-electron chi connectivity index (χ1n) is 16.2. The molecule has 0 unspecified atom stereocenters. The van der Waals surface area contributed by atoms with Crippen LogP contribution in [0.2, 0.25) is 18.1 Å². The van der Waals surface area contributed by atoms with Gasteiger partial charge in [0.15, 0.2) is 8.32 Å². The lowest BCUT2D eigenvalue weighted by Gasteiger charge is -2.38. The molecule has 0 saturated carbocycles. The van der Waals surface area contributed by atoms with E-state index in [4.69, 9.17) is 9.16 Å². The summed E-state index contributed by atoms with van der Waals surface area (Å²) in [5, 5.41) is 4.24. The number of para-hydroxylation sites is 1. The molecule has 1 aliphatic rings. The summed E-state index contributed by atoms with van der Waals surface area (Å²) in [6.07, 6.45) is 3.46. The predicted octanol–water partition coefficient (Wildman–Crippen LogP) is 6.73. The minimum Gasteiger partial charge on any atom is -0.415 e. The number of halogens is 1. The van der Waals surface area contributed by atoms with Gasteiger partial charge in [0, 0.05) is 50.4 Å². The van der Waals surface area contributed by atoms with E-state index in [-0.39, 0.29) is 36.0 Å². The molecule has 2 aromatic carbocycles. The summed E-state index contributed by atoms with van der Waals surface area (Å²) in [6, 6.07) is 16.6. The fourth-order valence-corrected chi connectivity index (χ4v) is 6.41. The van der Waals surface area contributed by atoms with Crippen LogP contribution in [-0.4, -0.2) is 81.0 Å². The van der Waals surface area contributed by atoms with Gasteiger partial charge in [0.05, 0.1) is 13.2 Å². The number of amides is 3. The number of hydrogen-bond donors (Lipinski definition) is 2. The third-order valence-electron chi connectivity index (χ3n) is 9.31. The average Bonchev–Trinajstić information content (AvgIpc) is 3.42. The number of hydrogen-bond acceptors (Lipinski definition) is 4. The van der Waals surface area contributed by atoms with Crippen LogP contribution in [0.1, 0.15) is 51.3 Å². The van der Waals surface area contributed by atoms with Crippen LogP contribution in [0.15, 0.2) is 54.6 Å². The number of carbonyl (C=O) groups is 2. The number of fused-ring (bicyclic) bond motifs is 1. The number of benzene rings is 2. The van der Waals surface area contributed by atoms with Gasteiger partial charge in [-0.2, -0.15) is 0 Å². The number of carbonyl (C=O) groups excluding carboxylic acids is 2.